The molecule has 92 valence electrons. The first kappa shape index (κ1) is 13.6. The number of nitrogens with two attached hydrogens (primary N) is 1. The topological polar surface area (TPSA) is 72.2 Å². The van der Waals surface area contributed by atoms with Crippen LogP contribution in [0.15, 0.2) is 18.2 Å². The van der Waals surface area contributed by atoms with Gasteiger partial charge in [0.05, 0.1) is 11.5 Å². The average Bonchev–Trinajstić information content (AvgIpc) is 2.23. The number of hydrogen-bond donors (Lipinski definition) is 2. The third kappa shape index (κ3) is 4.48. The molecule has 3 N–H and O–H groups in total. The summed E-state index contributed by atoms with van der Waals surface area (Å²) < 4.78 is 0. The molecule has 4 nitrogen and oxygen atoms in total. The van der Waals surface area contributed by atoms with E-state index >= 15 is 0 Å². The highest BCUT2D eigenvalue weighted by Gasteiger charge is 2.07. The van der Waals surface area contributed by atoms with Crippen LogP contribution in [-0.4, -0.2) is 23.3 Å². The Bertz CT molecular complexity index is 412. The predicted molar refractivity (Wildman–Crippen MR) is 71.1 cm³/mol. The van der Waals surface area contributed by atoms with Crippen molar-refractivity contribution in [1.82, 2.24) is 0 Å². The van der Waals surface area contributed by atoms with Crippen LogP contribution in [-0.2, 0) is 9.59 Å². The molecule has 0 aliphatic rings. The SMILES string of the molecule is Cc1cccc(C)c1NC(=O)CSCC(N)=O. The van der Waals surface area contributed by atoms with E-state index in [-0.39, 0.29) is 17.4 Å². The van der Waals surface area contributed by atoms with Crippen LogP contribution in [0.1, 0.15) is 11.1 Å². The van der Waals surface area contributed by atoms with Crippen LogP contribution >= 0.6 is 11.8 Å². The molecular weight excluding hydrogens is 236 g/mol. The number of nitrogens with one attached hydrogen (secondary N) is 1. The normalized spacial score (nSPS) is 10.0. The van der Waals surface area contributed by atoms with Crippen LogP contribution < -0.4 is 11.1 Å². The van der Waals surface area contributed by atoms with Crippen molar-refractivity contribution in [1.29, 1.82) is 0 Å². The lowest BCUT2D eigenvalue weighted by Gasteiger charge is -2.10. The summed E-state index contributed by atoms with van der Waals surface area (Å²) in [6.45, 7) is 3.89. The number of amides is 2. The van der Waals surface area contributed by atoms with Gasteiger partial charge in [-0.1, -0.05) is 18.2 Å². The number of thioether (sulfide) groups is 1. The standard InChI is InChI=1S/C12H16N2O2S/c1-8-4-3-5-9(2)12(8)14-11(16)7-17-6-10(13)15/h3-5H,6-7H2,1-2H3,(H2,13,15)(H,14,16). The Morgan fingerprint density at radius 2 is 1.82 bits per heavy atom. The summed E-state index contributed by atoms with van der Waals surface area (Å²) in [6.07, 6.45) is 0. The number of primary amides is 1. The van der Waals surface area contributed by atoms with Gasteiger partial charge in [-0.05, 0) is 25.0 Å². The Labute approximate surface area is 105 Å². The molecule has 5 heteroatoms. The Morgan fingerprint density at radius 3 is 2.35 bits per heavy atom. The number of anilines is 1. The summed E-state index contributed by atoms with van der Waals surface area (Å²) in [5.41, 5.74) is 7.88. The molecule has 0 radical (unpaired) electrons. The zero-order chi connectivity index (χ0) is 12.8. The summed E-state index contributed by atoms with van der Waals surface area (Å²) in [4.78, 5) is 22.1. The zero-order valence-corrected chi connectivity index (χ0v) is 10.8. The molecule has 0 heterocycles. The van der Waals surface area contributed by atoms with Gasteiger partial charge in [-0.15, -0.1) is 11.8 Å². The van der Waals surface area contributed by atoms with Crippen LogP contribution in [0.4, 0.5) is 5.69 Å². The summed E-state index contributed by atoms with van der Waals surface area (Å²) in [7, 11) is 0. The maximum Gasteiger partial charge on any atom is 0.234 e. The fourth-order valence-electron chi connectivity index (χ4n) is 1.43. The second-order valence-corrected chi connectivity index (χ2v) is 4.76. The van der Waals surface area contributed by atoms with Crippen LogP contribution in [0.5, 0.6) is 0 Å². The summed E-state index contributed by atoms with van der Waals surface area (Å²) in [5, 5.41) is 2.84. The smallest absolute Gasteiger partial charge is 0.234 e. The van der Waals surface area contributed by atoms with Crippen LogP contribution in [0.3, 0.4) is 0 Å². The van der Waals surface area contributed by atoms with Gasteiger partial charge in [-0.3, -0.25) is 9.59 Å². The van der Waals surface area contributed by atoms with E-state index in [1.54, 1.807) is 0 Å². The minimum atomic E-state index is -0.408. The molecule has 0 aliphatic carbocycles. The van der Waals surface area contributed by atoms with Crippen LogP contribution in [0, 0.1) is 13.8 Å². The quantitative estimate of drug-likeness (QED) is 0.833. The molecule has 0 spiro atoms. The van der Waals surface area contributed by atoms with E-state index < -0.39 is 5.91 Å². The van der Waals surface area contributed by atoms with E-state index in [0.717, 1.165) is 16.8 Å². The molecule has 17 heavy (non-hydrogen) atoms. The van der Waals surface area contributed by atoms with E-state index in [0.29, 0.717) is 0 Å². The molecule has 0 saturated carbocycles. The Kier molecular flexibility index (Phi) is 5.03. The molecule has 0 aromatic heterocycles. The second kappa shape index (κ2) is 6.30. The van der Waals surface area contributed by atoms with Crippen molar-refractivity contribution in [2.75, 3.05) is 16.8 Å². The van der Waals surface area contributed by atoms with Crippen LogP contribution in [0.2, 0.25) is 0 Å². The molecule has 1 aromatic rings. The van der Waals surface area contributed by atoms with Crippen molar-refractivity contribution in [3.05, 3.63) is 29.3 Å². The highest BCUT2D eigenvalue weighted by atomic mass is 32.2. The third-order valence-corrected chi connectivity index (χ3v) is 3.18. The first-order chi connectivity index (χ1) is 8.00. The van der Waals surface area contributed by atoms with Gasteiger partial charge in [0.2, 0.25) is 11.8 Å². The number of carbonyl (C=O) groups is 2. The molecular formula is C12H16N2O2S. The fraction of sp³-hybridized carbons (Fsp3) is 0.333. The Morgan fingerprint density at radius 1 is 1.24 bits per heavy atom. The highest BCUT2D eigenvalue weighted by molar-refractivity contribution is 8.00. The highest BCUT2D eigenvalue weighted by Crippen LogP contribution is 2.19. The summed E-state index contributed by atoms with van der Waals surface area (Å²) in [6, 6.07) is 5.83. The molecule has 1 rings (SSSR count). The van der Waals surface area contributed by atoms with Gasteiger partial charge < -0.3 is 11.1 Å². The number of benzene rings is 1. The second-order valence-electron chi connectivity index (χ2n) is 3.77. The van der Waals surface area contributed by atoms with Gasteiger partial charge in [0.15, 0.2) is 0 Å². The van der Waals surface area contributed by atoms with Crippen molar-refractivity contribution in [2.24, 2.45) is 5.73 Å². The van der Waals surface area contributed by atoms with Crippen molar-refractivity contribution < 1.29 is 9.59 Å². The Balaban J connectivity index is 2.53. The lowest BCUT2D eigenvalue weighted by molar-refractivity contribution is -0.115. The number of hydrogen-bond acceptors (Lipinski definition) is 3. The Hall–Kier alpha value is -1.49. The largest absolute Gasteiger partial charge is 0.369 e. The zero-order valence-electron chi connectivity index (χ0n) is 9.95. The third-order valence-electron chi connectivity index (χ3n) is 2.22. The molecule has 2 amide bonds. The summed E-state index contributed by atoms with van der Waals surface area (Å²) in [5.74, 6) is -0.125. The molecule has 0 unspecified atom stereocenters. The van der Waals surface area contributed by atoms with E-state index in [1.165, 1.54) is 11.8 Å². The van der Waals surface area contributed by atoms with Gasteiger partial charge in [0.1, 0.15) is 0 Å². The minimum absolute atomic E-state index is 0.117. The first-order valence-corrected chi connectivity index (χ1v) is 6.38. The molecule has 0 saturated heterocycles. The lowest BCUT2D eigenvalue weighted by atomic mass is 10.1. The van der Waals surface area contributed by atoms with Crippen molar-refractivity contribution in [2.45, 2.75) is 13.8 Å². The number of rotatable bonds is 5. The predicted octanol–water partition coefficient (Wildman–Crippen LogP) is 1.46. The average molecular weight is 252 g/mol. The van der Waals surface area contributed by atoms with Crippen molar-refractivity contribution >= 4 is 29.3 Å². The van der Waals surface area contributed by atoms with E-state index in [4.69, 9.17) is 5.73 Å². The van der Waals surface area contributed by atoms with Crippen molar-refractivity contribution in [3.8, 4) is 0 Å². The first-order valence-electron chi connectivity index (χ1n) is 5.23. The van der Waals surface area contributed by atoms with Crippen LogP contribution in [0.25, 0.3) is 0 Å². The molecule has 1 aromatic carbocycles. The van der Waals surface area contributed by atoms with Gasteiger partial charge in [-0.2, -0.15) is 0 Å². The van der Waals surface area contributed by atoms with E-state index in [2.05, 4.69) is 5.32 Å². The minimum Gasteiger partial charge on any atom is -0.369 e. The molecule has 0 fully saturated rings. The lowest BCUT2D eigenvalue weighted by Crippen LogP contribution is -2.19. The fourth-order valence-corrected chi connectivity index (χ4v) is 1.99. The number of para-hydroxylation sites is 1. The number of aryl methyl sites for hydroxylation is 2. The van der Waals surface area contributed by atoms with Gasteiger partial charge in [0.25, 0.3) is 0 Å². The van der Waals surface area contributed by atoms with E-state index in [9.17, 15) is 9.59 Å². The maximum atomic E-state index is 11.6. The molecule has 0 bridgehead atoms. The van der Waals surface area contributed by atoms with Gasteiger partial charge in [0, 0.05) is 5.69 Å². The maximum absolute atomic E-state index is 11.6. The number of carbonyl (C=O) groups excluding carboxylic acids is 2. The van der Waals surface area contributed by atoms with Crippen molar-refractivity contribution in [3.63, 3.8) is 0 Å². The molecule has 0 aliphatic heterocycles. The molecule has 0 atom stereocenters. The van der Waals surface area contributed by atoms with E-state index in [1.807, 2.05) is 32.0 Å². The monoisotopic (exact) mass is 252 g/mol. The summed E-state index contributed by atoms with van der Waals surface area (Å²) >= 11 is 1.21. The van der Waals surface area contributed by atoms with Gasteiger partial charge in [-0.25, -0.2) is 0 Å². The van der Waals surface area contributed by atoms with Gasteiger partial charge >= 0.3 is 0 Å².